The number of furan rings is 1. The number of carbonyl (C=O) groups excluding carboxylic acids is 1. The fourth-order valence-corrected chi connectivity index (χ4v) is 2.45. The largest absolute Gasteiger partial charge is 0.457 e. The minimum absolute atomic E-state index is 0.349. The van der Waals surface area contributed by atoms with Crippen molar-refractivity contribution < 1.29 is 13.6 Å². The van der Waals surface area contributed by atoms with E-state index in [9.17, 15) is 9.18 Å². The van der Waals surface area contributed by atoms with Gasteiger partial charge in [0.15, 0.2) is 0 Å². The van der Waals surface area contributed by atoms with Crippen molar-refractivity contribution in [3.8, 4) is 11.3 Å². The van der Waals surface area contributed by atoms with Gasteiger partial charge in [-0.3, -0.25) is 4.79 Å². The van der Waals surface area contributed by atoms with Gasteiger partial charge in [-0.25, -0.2) is 4.39 Å². The average molecular weight is 357 g/mol. The SMILES string of the molecule is Nc1ccc(NC(=O)/C=C/c2ccc(-c3ccccc3F)o2)c(Cl)c1. The molecular formula is C19H14ClFN2O2. The second-order valence-electron chi connectivity index (χ2n) is 5.24. The van der Waals surface area contributed by atoms with Crippen LogP contribution in [-0.4, -0.2) is 5.91 Å². The Morgan fingerprint density at radius 2 is 1.96 bits per heavy atom. The molecule has 25 heavy (non-hydrogen) atoms. The third-order valence-corrected chi connectivity index (χ3v) is 3.73. The summed E-state index contributed by atoms with van der Waals surface area (Å²) in [5.74, 6) is 0.0650. The van der Waals surface area contributed by atoms with E-state index in [-0.39, 0.29) is 11.7 Å². The summed E-state index contributed by atoms with van der Waals surface area (Å²) >= 11 is 6.00. The summed E-state index contributed by atoms with van der Waals surface area (Å²) in [7, 11) is 0. The van der Waals surface area contributed by atoms with Crippen LogP contribution in [0.4, 0.5) is 15.8 Å². The fraction of sp³-hybridized carbons (Fsp3) is 0. The van der Waals surface area contributed by atoms with Crippen LogP contribution < -0.4 is 11.1 Å². The molecule has 0 radical (unpaired) electrons. The molecule has 1 heterocycles. The lowest BCUT2D eigenvalue weighted by Gasteiger charge is -2.05. The van der Waals surface area contributed by atoms with Crippen LogP contribution in [0.5, 0.6) is 0 Å². The van der Waals surface area contributed by atoms with Crippen molar-refractivity contribution in [2.45, 2.75) is 0 Å². The molecule has 0 fully saturated rings. The van der Waals surface area contributed by atoms with Crippen molar-refractivity contribution in [3.05, 3.63) is 77.3 Å². The molecule has 3 N–H and O–H groups in total. The predicted octanol–water partition coefficient (Wildman–Crippen LogP) is 4.97. The first-order valence-electron chi connectivity index (χ1n) is 7.42. The van der Waals surface area contributed by atoms with Gasteiger partial charge >= 0.3 is 0 Å². The quantitative estimate of drug-likeness (QED) is 0.512. The Balaban J connectivity index is 1.70. The van der Waals surface area contributed by atoms with Crippen molar-refractivity contribution in [2.75, 3.05) is 11.1 Å². The lowest BCUT2D eigenvalue weighted by molar-refractivity contribution is -0.111. The molecule has 0 aliphatic heterocycles. The zero-order valence-corrected chi connectivity index (χ0v) is 13.8. The van der Waals surface area contributed by atoms with Gasteiger partial charge in [0.05, 0.1) is 16.3 Å². The van der Waals surface area contributed by atoms with E-state index < -0.39 is 0 Å². The third kappa shape index (κ3) is 4.08. The average Bonchev–Trinajstić information content (AvgIpc) is 3.05. The van der Waals surface area contributed by atoms with E-state index in [0.717, 1.165) is 0 Å². The maximum atomic E-state index is 13.7. The summed E-state index contributed by atoms with van der Waals surface area (Å²) in [5.41, 5.74) is 6.93. The van der Waals surface area contributed by atoms with Crippen molar-refractivity contribution in [1.29, 1.82) is 0 Å². The summed E-state index contributed by atoms with van der Waals surface area (Å²) in [5, 5.41) is 2.99. The third-order valence-electron chi connectivity index (χ3n) is 3.42. The van der Waals surface area contributed by atoms with Crippen LogP contribution >= 0.6 is 11.6 Å². The Bertz CT molecular complexity index is 950. The number of hydrogen-bond donors (Lipinski definition) is 2. The number of benzene rings is 2. The van der Waals surface area contributed by atoms with Gasteiger partial charge in [0.25, 0.3) is 0 Å². The molecule has 3 aromatic rings. The topological polar surface area (TPSA) is 68.3 Å². The van der Waals surface area contributed by atoms with Crippen LogP contribution in [0.1, 0.15) is 5.76 Å². The van der Waals surface area contributed by atoms with Crippen molar-refractivity contribution in [1.82, 2.24) is 0 Å². The normalized spacial score (nSPS) is 11.0. The predicted molar refractivity (Wildman–Crippen MR) is 97.6 cm³/mol. The number of rotatable bonds is 4. The highest BCUT2D eigenvalue weighted by molar-refractivity contribution is 6.34. The maximum Gasteiger partial charge on any atom is 0.248 e. The molecule has 0 aliphatic carbocycles. The molecule has 0 atom stereocenters. The number of nitrogens with two attached hydrogens (primary N) is 1. The Labute approximate surface area is 148 Å². The first-order valence-corrected chi connectivity index (χ1v) is 7.79. The molecule has 2 aromatic carbocycles. The second-order valence-corrected chi connectivity index (χ2v) is 5.65. The number of carbonyl (C=O) groups is 1. The number of nitrogens with one attached hydrogen (secondary N) is 1. The summed E-state index contributed by atoms with van der Waals surface area (Å²) in [6.45, 7) is 0. The summed E-state index contributed by atoms with van der Waals surface area (Å²) in [6, 6.07) is 14.4. The molecule has 3 rings (SSSR count). The van der Waals surface area contributed by atoms with Crippen molar-refractivity contribution >= 4 is 35.0 Å². The molecule has 0 saturated heterocycles. The molecule has 4 nitrogen and oxygen atoms in total. The molecule has 0 saturated carbocycles. The Kier molecular flexibility index (Phi) is 4.86. The van der Waals surface area contributed by atoms with Crippen molar-refractivity contribution in [3.63, 3.8) is 0 Å². The Morgan fingerprint density at radius 1 is 1.16 bits per heavy atom. The molecule has 6 heteroatoms. The summed E-state index contributed by atoms with van der Waals surface area (Å²) < 4.78 is 19.3. The number of amides is 1. The van der Waals surface area contributed by atoms with E-state index >= 15 is 0 Å². The number of halogens is 2. The van der Waals surface area contributed by atoms with Gasteiger partial charge in [0.1, 0.15) is 17.3 Å². The highest BCUT2D eigenvalue weighted by Gasteiger charge is 2.08. The zero-order valence-electron chi connectivity index (χ0n) is 13.0. The highest BCUT2D eigenvalue weighted by Crippen LogP contribution is 2.26. The number of nitrogen functional groups attached to an aromatic ring is 1. The molecule has 126 valence electrons. The second kappa shape index (κ2) is 7.23. The molecule has 1 amide bonds. The van der Waals surface area contributed by atoms with Crippen LogP contribution in [-0.2, 0) is 4.79 Å². The van der Waals surface area contributed by atoms with E-state index in [2.05, 4.69) is 5.32 Å². The highest BCUT2D eigenvalue weighted by atomic mass is 35.5. The van der Waals surface area contributed by atoms with Crippen LogP contribution in [0.25, 0.3) is 17.4 Å². The van der Waals surface area contributed by atoms with Gasteiger partial charge in [0, 0.05) is 11.8 Å². The van der Waals surface area contributed by atoms with Crippen LogP contribution in [0.2, 0.25) is 5.02 Å². The van der Waals surface area contributed by atoms with Crippen LogP contribution in [0.15, 0.2) is 65.1 Å². The van der Waals surface area contributed by atoms with E-state index in [1.165, 1.54) is 18.2 Å². The zero-order chi connectivity index (χ0) is 17.8. The van der Waals surface area contributed by atoms with Gasteiger partial charge in [-0.1, -0.05) is 23.7 Å². The summed E-state index contributed by atoms with van der Waals surface area (Å²) in [6.07, 6.45) is 2.79. The van der Waals surface area contributed by atoms with Gasteiger partial charge < -0.3 is 15.5 Å². The van der Waals surface area contributed by atoms with Gasteiger partial charge in [0.2, 0.25) is 5.91 Å². The van der Waals surface area contributed by atoms with Gasteiger partial charge in [-0.05, 0) is 48.5 Å². The van der Waals surface area contributed by atoms with Crippen LogP contribution in [0, 0.1) is 5.82 Å². The molecule has 0 bridgehead atoms. The fourth-order valence-electron chi connectivity index (χ4n) is 2.21. The minimum Gasteiger partial charge on any atom is -0.457 e. The Morgan fingerprint density at radius 3 is 2.72 bits per heavy atom. The van der Waals surface area contributed by atoms with Crippen LogP contribution in [0.3, 0.4) is 0 Å². The Hall–Kier alpha value is -3.05. The van der Waals surface area contributed by atoms with Gasteiger partial charge in [-0.15, -0.1) is 0 Å². The minimum atomic E-state index is -0.379. The molecule has 1 aromatic heterocycles. The van der Waals surface area contributed by atoms with E-state index in [1.54, 1.807) is 48.5 Å². The van der Waals surface area contributed by atoms with E-state index in [0.29, 0.717) is 33.5 Å². The standard InChI is InChI=1S/C19H14ClFN2O2/c20-15-11-12(22)5-8-17(15)23-19(24)10-7-13-6-9-18(25-13)14-3-1-2-4-16(14)21/h1-11H,22H2,(H,23,24)/b10-7+. The first kappa shape index (κ1) is 16.8. The monoisotopic (exact) mass is 356 g/mol. The summed E-state index contributed by atoms with van der Waals surface area (Å²) in [4.78, 5) is 12.0. The first-order chi connectivity index (χ1) is 12.0. The molecule has 0 aliphatic rings. The van der Waals surface area contributed by atoms with E-state index in [1.807, 2.05) is 0 Å². The number of anilines is 2. The van der Waals surface area contributed by atoms with Gasteiger partial charge in [-0.2, -0.15) is 0 Å². The lowest BCUT2D eigenvalue weighted by Crippen LogP contribution is -2.08. The molecular weight excluding hydrogens is 343 g/mol. The lowest BCUT2D eigenvalue weighted by atomic mass is 10.1. The molecule has 0 unspecified atom stereocenters. The van der Waals surface area contributed by atoms with E-state index in [4.69, 9.17) is 21.8 Å². The number of hydrogen-bond acceptors (Lipinski definition) is 3. The maximum absolute atomic E-state index is 13.7. The smallest absolute Gasteiger partial charge is 0.248 e. The van der Waals surface area contributed by atoms with Crippen molar-refractivity contribution in [2.24, 2.45) is 0 Å². The molecule has 0 spiro atoms.